The molecule has 0 amide bonds. The van der Waals surface area contributed by atoms with Crippen molar-refractivity contribution < 1.29 is 4.74 Å². The highest BCUT2D eigenvalue weighted by atomic mass is 16.5. The Hall–Kier alpha value is -2.47. The number of anilines is 1. The van der Waals surface area contributed by atoms with Crippen molar-refractivity contribution in [2.24, 2.45) is 0 Å². The van der Waals surface area contributed by atoms with Crippen LogP contribution < -0.4 is 10.1 Å². The first-order valence-corrected chi connectivity index (χ1v) is 7.10. The van der Waals surface area contributed by atoms with Crippen molar-refractivity contribution in [2.45, 2.75) is 25.3 Å². The number of methoxy groups -OCH3 is 1. The molecule has 21 heavy (non-hydrogen) atoms. The number of fused-ring (bicyclic) bond motifs is 1. The van der Waals surface area contributed by atoms with E-state index in [4.69, 9.17) is 4.74 Å². The number of nitriles is 1. The number of ether oxygens (including phenoxy) is 1. The third kappa shape index (κ3) is 2.34. The van der Waals surface area contributed by atoms with E-state index in [0.717, 1.165) is 29.8 Å². The smallest absolute Gasteiger partial charge is 0.151 e. The van der Waals surface area contributed by atoms with Crippen molar-refractivity contribution in [3.63, 3.8) is 0 Å². The summed E-state index contributed by atoms with van der Waals surface area (Å²) in [6, 6.07) is 16.6. The van der Waals surface area contributed by atoms with E-state index in [0.29, 0.717) is 0 Å². The molecular weight excluding hydrogens is 260 g/mol. The van der Waals surface area contributed by atoms with Crippen LogP contribution in [0.5, 0.6) is 5.75 Å². The maximum absolute atomic E-state index is 9.79. The van der Waals surface area contributed by atoms with Gasteiger partial charge in [-0.1, -0.05) is 23.8 Å². The molecule has 0 bridgehead atoms. The maximum Gasteiger partial charge on any atom is 0.151 e. The van der Waals surface area contributed by atoms with E-state index >= 15 is 0 Å². The van der Waals surface area contributed by atoms with E-state index in [1.165, 1.54) is 11.1 Å². The zero-order valence-electron chi connectivity index (χ0n) is 12.3. The highest BCUT2D eigenvalue weighted by Gasteiger charge is 2.39. The summed E-state index contributed by atoms with van der Waals surface area (Å²) in [5.74, 6) is 0.793. The summed E-state index contributed by atoms with van der Waals surface area (Å²) in [4.78, 5) is 0. The molecule has 2 aromatic carbocycles. The second-order valence-electron chi connectivity index (χ2n) is 5.53. The number of hydrogen-bond acceptors (Lipinski definition) is 3. The van der Waals surface area contributed by atoms with Crippen molar-refractivity contribution in [1.82, 2.24) is 0 Å². The summed E-state index contributed by atoms with van der Waals surface area (Å²) in [7, 11) is 1.65. The second kappa shape index (κ2) is 5.14. The summed E-state index contributed by atoms with van der Waals surface area (Å²) in [6.45, 7) is 2.06. The predicted molar refractivity (Wildman–Crippen MR) is 83.4 cm³/mol. The van der Waals surface area contributed by atoms with Gasteiger partial charge in [-0.15, -0.1) is 0 Å². The van der Waals surface area contributed by atoms with Gasteiger partial charge in [-0.25, -0.2) is 0 Å². The van der Waals surface area contributed by atoms with Crippen LogP contribution in [0.3, 0.4) is 0 Å². The number of aryl methyl sites for hydroxylation is 2. The van der Waals surface area contributed by atoms with Gasteiger partial charge in [0.25, 0.3) is 0 Å². The molecule has 1 aliphatic rings. The molecule has 1 N–H and O–H groups in total. The van der Waals surface area contributed by atoms with E-state index in [1.807, 2.05) is 24.3 Å². The SMILES string of the molecule is COc1ccc2c(c1)C(C#N)(Nc1ccc(C)cc1)CC2. The van der Waals surface area contributed by atoms with Crippen molar-refractivity contribution in [3.8, 4) is 11.8 Å². The van der Waals surface area contributed by atoms with Crippen LogP contribution in [0.2, 0.25) is 0 Å². The molecule has 0 aromatic heterocycles. The van der Waals surface area contributed by atoms with Crippen LogP contribution in [-0.2, 0) is 12.0 Å². The van der Waals surface area contributed by atoms with Gasteiger partial charge in [0.05, 0.1) is 13.2 Å². The molecule has 0 fully saturated rings. The minimum absolute atomic E-state index is 0.668. The topological polar surface area (TPSA) is 45.0 Å². The monoisotopic (exact) mass is 278 g/mol. The van der Waals surface area contributed by atoms with Crippen LogP contribution >= 0.6 is 0 Å². The second-order valence-corrected chi connectivity index (χ2v) is 5.53. The fraction of sp³-hybridized carbons (Fsp3) is 0.278. The largest absolute Gasteiger partial charge is 0.497 e. The maximum atomic E-state index is 9.79. The van der Waals surface area contributed by atoms with Crippen molar-refractivity contribution in [1.29, 1.82) is 5.26 Å². The van der Waals surface area contributed by atoms with Crippen LogP contribution in [0.25, 0.3) is 0 Å². The minimum atomic E-state index is -0.668. The van der Waals surface area contributed by atoms with Crippen LogP contribution in [0.15, 0.2) is 42.5 Å². The molecule has 0 spiro atoms. The fourth-order valence-electron chi connectivity index (χ4n) is 2.91. The van der Waals surface area contributed by atoms with E-state index in [1.54, 1.807) is 7.11 Å². The van der Waals surface area contributed by atoms with Crippen molar-refractivity contribution >= 4 is 5.69 Å². The molecule has 0 aliphatic heterocycles. The lowest BCUT2D eigenvalue weighted by molar-refractivity contribution is 0.413. The Labute approximate surface area is 125 Å². The number of nitrogens with one attached hydrogen (secondary N) is 1. The minimum Gasteiger partial charge on any atom is -0.497 e. The van der Waals surface area contributed by atoms with Gasteiger partial charge in [-0.3, -0.25) is 0 Å². The Bertz CT molecular complexity index is 700. The van der Waals surface area contributed by atoms with Crippen LogP contribution in [0.1, 0.15) is 23.1 Å². The summed E-state index contributed by atoms with van der Waals surface area (Å²) >= 11 is 0. The average molecular weight is 278 g/mol. The Morgan fingerprint density at radius 2 is 1.95 bits per heavy atom. The summed E-state index contributed by atoms with van der Waals surface area (Å²) < 4.78 is 5.31. The van der Waals surface area contributed by atoms with E-state index in [9.17, 15) is 5.26 Å². The van der Waals surface area contributed by atoms with Crippen LogP contribution in [0.4, 0.5) is 5.69 Å². The van der Waals surface area contributed by atoms with Gasteiger partial charge in [0.1, 0.15) is 5.75 Å². The highest BCUT2D eigenvalue weighted by Crippen LogP contribution is 2.40. The molecule has 3 heteroatoms. The summed E-state index contributed by atoms with van der Waals surface area (Å²) in [6.07, 6.45) is 1.69. The quantitative estimate of drug-likeness (QED) is 0.929. The van der Waals surface area contributed by atoms with E-state index in [-0.39, 0.29) is 0 Å². The molecule has 1 aliphatic carbocycles. The lowest BCUT2D eigenvalue weighted by atomic mass is 9.92. The molecule has 0 radical (unpaired) electrons. The molecule has 0 saturated carbocycles. The zero-order valence-corrected chi connectivity index (χ0v) is 12.3. The van der Waals surface area contributed by atoms with Crippen LogP contribution in [0, 0.1) is 18.3 Å². The van der Waals surface area contributed by atoms with E-state index < -0.39 is 5.54 Å². The number of hydrogen-bond donors (Lipinski definition) is 1. The normalized spacial score (nSPS) is 19.7. The number of benzene rings is 2. The Kier molecular flexibility index (Phi) is 3.31. The molecule has 0 saturated heterocycles. The van der Waals surface area contributed by atoms with Gasteiger partial charge in [-0.2, -0.15) is 5.26 Å². The molecule has 3 nitrogen and oxygen atoms in total. The molecule has 1 atom stereocenters. The highest BCUT2D eigenvalue weighted by molar-refractivity contribution is 5.57. The molecular formula is C18H18N2O. The van der Waals surface area contributed by atoms with Crippen LogP contribution in [-0.4, -0.2) is 7.11 Å². The van der Waals surface area contributed by atoms with Gasteiger partial charge in [0.2, 0.25) is 0 Å². The Morgan fingerprint density at radius 3 is 2.62 bits per heavy atom. The van der Waals surface area contributed by atoms with Crippen molar-refractivity contribution in [3.05, 3.63) is 59.2 Å². The van der Waals surface area contributed by atoms with Gasteiger partial charge in [0.15, 0.2) is 5.54 Å². The predicted octanol–water partition coefficient (Wildman–Crippen LogP) is 3.78. The first kappa shape index (κ1) is 13.5. The molecule has 3 rings (SSSR count). The Morgan fingerprint density at radius 1 is 1.19 bits per heavy atom. The number of nitrogens with zero attached hydrogens (tertiary/aromatic N) is 1. The summed E-state index contributed by atoms with van der Waals surface area (Å²) in [5.41, 5.74) is 3.76. The van der Waals surface area contributed by atoms with Crippen molar-refractivity contribution in [2.75, 3.05) is 12.4 Å². The van der Waals surface area contributed by atoms with Gasteiger partial charge in [-0.05, 0) is 55.2 Å². The average Bonchev–Trinajstić information content (AvgIpc) is 2.88. The van der Waals surface area contributed by atoms with Gasteiger partial charge < -0.3 is 10.1 Å². The lowest BCUT2D eigenvalue weighted by Crippen LogP contribution is -2.31. The zero-order chi connectivity index (χ0) is 14.9. The molecule has 1 unspecified atom stereocenters. The third-order valence-corrected chi connectivity index (χ3v) is 4.15. The van der Waals surface area contributed by atoms with Gasteiger partial charge in [0, 0.05) is 5.69 Å². The first-order valence-electron chi connectivity index (χ1n) is 7.10. The standard InChI is InChI=1S/C18H18N2O/c1-13-3-6-15(7-4-13)20-18(12-19)10-9-14-5-8-16(21-2)11-17(14)18/h3-8,11,20H,9-10H2,1-2H3. The number of rotatable bonds is 3. The molecule has 2 aromatic rings. The van der Waals surface area contributed by atoms with E-state index in [2.05, 4.69) is 36.5 Å². The molecule has 0 heterocycles. The Balaban J connectivity index is 2.00. The van der Waals surface area contributed by atoms with Gasteiger partial charge >= 0.3 is 0 Å². The lowest BCUT2D eigenvalue weighted by Gasteiger charge is -2.25. The first-order chi connectivity index (χ1) is 10.2. The molecule has 106 valence electrons. The summed E-state index contributed by atoms with van der Waals surface area (Å²) in [5, 5.41) is 13.2. The fourth-order valence-corrected chi connectivity index (χ4v) is 2.91. The third-order valence-electron chi connectivity index (χ3n) is 4.15.